The van der Waals surface area contributed by atoms with Crippen molar-refractivity contribution in [2.24, 2.45) is 0 Å². The Morgan fingerprint density at radius 2 is 1.57 bits per heavy atom. The van der Waals surface area contributed by atoms with Gasteiger partial charge in [-0.1, -0.05) is 30.3 Å². The number of rotatable bonds is 6. The maximum atomic E-state index is 12.3. The minimum absolute atomic E-state index is 0.0388. The smallest absolute Gasteiger partial charge is 0.321 e. The lowest BCUT2D eigenvalue weighted by Gasteiger charge is -2.15. The number of benzene rings is 2. The Balaban J connectivity index is 1.40. The third-order valence-electron chi connectivity index (χ3n) is 4.53. The molecule has 7 nitrogen and oxygen atoms in total. The van der Waals surface area contributed by atoms with Crippen molar-refractivity contribution in [2.75, 3.05) is 25.0 Å². The van der Waals surface area contributed by atoms with E-state index < -0.39 is 11.9 Å². The first-order valence-corrected chi connectivity index (χ1v) is 9.36. The van der Waals surface area contributed by atoms with Crippen LogP contribution in [0.3, 0.4) is 0 Å². The number of hydrogen-bond acceptors (Lipinski definition) is 4. The molecule has 0 unspecified atom stereocenters. The molecular weight excluding hydrogens is 356 g/mol. The summed E-state index contributed by atoms with van der Waals surface area (Å²) in [6.07, 6.45) is 2.11. The van der Waals surface area contributed by atoms with E-state index in [1.807, 2.05) is 35.2 Å². The minimum atomic E-state index is -0.540. The van der Waals surface area contributed by atoms with Gasteiger partial charge in [0.25, 0.3) is 5.91 Å². The summed E-state index contributed by atoms with van der Waals surface area (Å²) in [6, 6.07) is 15.9. The molecule has 1 fully saturated rings. The number of carbonyl (C=O) groups excluding carboxylic acids is 3. The van der Waals surface area contributed by atoms with Crippen LogP contribution in [0.15, 0.2) is 54.6 Å². The molecule has 146 valence electrons. The van der Waals surface area contributed by atoms with Crippen LogP contribution in [0.2, 0.25) is 0 Å². The average Bonchev–Trinajstić information content (AvgIpc) is 3.26. The molecule has 1 aliphatic rings. The number of anilines is 1. The van der Waals surface area contributed by atoms with Gasteiger partial charge >= 0.3 is 6.03 Å². The quantitative estimate of drug-likeness (QED) is 0.718. The molecule has 4 amide bonds. The number of nitrogens with zero attached hydrogens (tertiary/aromatic N) is 1. The molecule has 0 saturated carbocycles. The summed E-state index contributed by atoms with van der Waals surface area (Å²) in [7, 11) is 0. The summed E-state index contributed by atoms with van der Waals surface area (Å²) in [5.41, 5.74) is 2.29. The van der Waals surface area contributed by atoms with Gasteiger partial charge in [-0.25, -0.2) is 4.79 Å². The van der Waals surface area contributed by atoms with Gasteiger partial charge in [-0.05, 0) is 42.7 Å². The second-order valence-corrected chi connectivity index (χ2v) is 6.65. The molecule has 3 N–H and O–H groups in total. The molecule has 28 heavy (non-hydrogen) atoms. The molecule has 3 rings (SSSR count). The van der Waals surface area contributed by atoms with E-state index in [1.54, 1.807) is 24.3 Å². The highest BCUT2D eigenvalue weighted by atomic mass is 16.2. The number of carbonyl (C=O) groups is 3. The van der Waals surface area contributed by atoms with E-state index in [0.717, 1.165) is 31.5 Å². The van der Waals surface area contributed by atoms with Crippen LogP contribution in [0.4, 0.5) is 10.5 Å². The summed E-state index contributed by atoms with van der Waals surface area (Å²) < 4.78 is 0. The van der Waals surface area contributed by atoms with Crippen LogP contribution in [0.5, 0.6) is 0 Å². The molecule has 1 aliphatic heterocycles. The van der Waals surface area contributed by atoms with E-state index in [2.05, 4.69) is 16.0 Å². The molecule has 0 bridgehead atoms. The van der Waals surface area contributed by atoms with Crippen LogP contribution in [0, 0.1) is 0 Å². The molecule has 1 heterocycles. The van der Waals surface area contributed by atoms with Crippen LogP contribution in [-0.4, -0.2) is 42.4 Å². The maximum absolute atomic E-state index is 12.3. The molecule has 0 spiro atoms. The molecule has 0 aliphatic carbocycles. The fourth-order valence-electron chi connectivity index (χ4n) is 3.01. The summed E-state index contributed by atoms with van der Waals surface area (Å²) in [5, 5.41) is 7.85. The molecule has 7 heteroatoms. The van der Waals surface area contributed by atoms with E-state index in [4.69, 9.17) is 0 Å². The second-order valence-electron chi connectivity index (χ2n) is 6.65. The van der Waals surface area contributed by atoms with Gasteiger partial charge in [0.1, 0.15) is 0 Å². The monoisotopic (exact) mass is 380 g/mol. The average molecular weight is 380 g/mol. The Morgan fingerprint density at radius 1 is 0.893 bits per heavy atom. The predicted molar refractivity (Wildman–Crippen MR) is 107 cm³/mol. The zero-order valence-electron chi connectivity index (χ0n) is 15.6. The lowest BCUT2D eigenvalue weighted by Crippen LogP contribution is -2.41. The number of imide groups is 1. The van der Waals surface area contributed by atoms with E-state index >= 15 is 0 Å². The molecule has 1 saturated heterocycles. The topological polar surface area (TPSA) is 90.5 Å². The van der Waals surface area contributed by atoms with Crippen LogP contribution in [0.25, 0.3) is 0 Å². The number of nitrogens with one attached hydrogen (secondary N) is 3. The summed E-state index contributed by atoms with van der Waals surface area (Å²) in [6.45, 7) is 1.93. The molecule has 0 aromatic heterocycles. The zero-order valence-corrected chi connectivity index (χ0v) is 15.6. The highest BCUT2D eigenvalue weighted by molar-refractivity contribution is 5.96. The standard InChI is InChI=1S/C21H24N4O3/c26-19(24-21(28)23-14-16-6-2-1-3-7-16)15-22-18-10-8-17(9-11-18)20(27)25-12-4-5-13-25/h1-3,6-11,22H,4-5,12-15H2,(H2,23,24,26,28). The van der Waals surface area contributed by atoms with Crippen LogP contribution in [0.1, 0.15) is 28.8 Å². The van der Waals surface area contributed by atoms with Crippen molar-refractivity contribution >= 4 is 23.5 Å². The minimum Gasteiger partial charge on any atom is -0.376 e. The van der Waals surface area contributed by atoms with Crippen molar-refractivity contribution in [3.63, 3.8) is 0 Å². The number of hydrogen-bond donors (Lipinski definition) is 3. The third-order valence-corrected chi connectivity index (χ3v) is 4.53. The zero-order chi connectivity index (χ0) is 19.8. The number of amides is 4. The fraction of sp³-hybridized carbons (Fsp3) is 0.286. The van der Waals surface area contributed by atoms with Crippen molar-refractivity contribution in [1.82, 2.24) is 15.5 Å². The molecule has 2 aromatic carbocycles. The van der Waals surface area contributed by atoms with Gasteiger partial charge in [-0.2, -0.15) is 0 Å². The normalized spacial score (nSPS) is 13.1. The Hall–Kier alpha value is -3.35. The highest BCUT2D eigenvalue weighted by Gasteiger charge is 2.19. The van der Waals surface area contributed by atoms with Crippen molar-refractivity contribution < 1.29 is 14.4 Å². The Labute approximate surface area is 164 Å². The van der Waals surface area contributed by atoms with Gasteiger partial charge in [-0.15, -0.1) is 0 Å². The van der Waals surface area contributed by atoms with Crippen molar-refractivity contribution in [3.8, 4) is 0 Å². The van der Waals surface area contributed by atoms with Crippen molar-refractivity contribution in [2.45, 2.75) is 19.4 Å². The van der Waals surface area contributed by atoms with Gasteiger partial charge in [0.15, 0.2) is 0 Å². The van der Waals surface area contributed by atoms with Crippen LogP contribution in [-0.2, 0) is 11.3 Å². The van der Waals surface area contributed by atoms with Gasteiger partial charge in [0.05, 0.1) is 6.54 Å². The Bertz CT molecular complexity index is 815. The largest absolute Gasteiger partial charge is 0.376 e. The Morgan fingerprint density at radius 3 is 2.25 bits per heavy atom. The van der Waals surface area contributed by atoms with E-state index in [1.165, 1.54) is 0 Å². The summed E-state index contributed by atoms with van der Waals surface area (Å²) >= 11 is 0. The van der Waals surface area contributed by atoms with Gasteiger partial charge in [0, 0.05) is 30.9 Å². The SMILES string of the molecule is O=C(CNc1ccc(C(=O)N2CCCC2)cc1)NC(=O)NCc1ccccc1. The van der Waals surface area contributed by atoms with E-state index in [9.17, 15) is 14.4 Å². The summed E-state index contributed by atoms with van der Waals surface area (Å²) in [4.78, 5) is 37.8. The first-order valence-electron chi connectivity index (χ1n) is 9.36. The molecule has 0 radical (unpaired) electrons. The van der Waals surface area contributed by atoms with Crippen LogP contribution < -0.4 is 16.0 Å². The fourth-order valence-corrected chi connectivity index (χ4v) is 3.01. The van der Waals surface area contributed by atoms with Gasteiger partial charge in [0.2, 0.25) is 5.91 Å². The van der Waals surface area contributed by atoms with Gasteiger partial charge in [-0.3, -0.25) is 14.9 Å². The molecule has 2 aromatic rings. The predicted octanol–water partition coefficient (Wildman–Crippen LogP) is 2.36. The maximum Gasteiger partial charge on any atom is 0.321 e. The van der Waals surface area contributed by atoms with E-state index in [-0.39, 0.29) is 12.5 Å². The first kappa shape index (κ1) is 19.4. The van der Waals surface area contributed by atoms with Crippen molar-refractivity contribution in [1.29, 1.82) is 0 Å². The van der Waals surface area contributed by atoms with E-state index in [0.29, 0.717) is 17.8 Å². The second kappa shape index (κ2) is 9.55. The lowest BCUT2D eigenvalue weighted by molar-refractivity contribution is -0.118. The Kier molecular flexibility index (Phi) is 6.62. The number of urea groups is 1. The van der Waals surface area contributed by atoms with Gasteiger partial charge < -0.3 is 15.5 Å². The van der Waals surface area contributed by atoms with Crippen molar-refractivity contribution in [3.05, 3.63) is 65.7 Å². The first-order chi connectivity index (χ1) is 13.6. The third kappa shape index (κ3) is 5.57. The van der Waals surface area contributed by atoms with Crippen LogP contribution >= 0.6 is 0 Å². The number of likely N-dealkylation sites (tertiary alicyclic amines) is 1. The molecule has 0 atom stereocenters. The summed E-state index contributed by atoms with van der Waals surface area (Å²) in [5.74, 6) is -0.403. The molecular formula is C21H24N4O3. The highest BCUT2D eigenvalue weighted by Crippen LogP contribution is 2.15. The lowest BCUT2D eigenvalue weighted by atomic mass is 10.2.